The van der Waals surface area contributed by atoms with Crippen LogP contribution in [0, 0.1) is 0 Å². The molecule has 0 unspecified atom stereocenters. The molecule has 2 N–H and O–H groups in total. The highest BCUT2D eigenvalue weighted by atomic mass is 35.5. The summed E-state index contributed by atoms with van der Waals surface area (Å²) in [5.41, 5.74) is 3.33. The summed E-state index contributed by atoms with van der Waals surface area (Å²) in [4.78, 5) is 36.1. The van der Waals surface area contributed by atoms with Gasteiger partial charge in [-0.3, -0.25) is 9.59 Å². The van der Waals surface area contributed by atoms with Crippen LogP contribution in [0.1, 0.15) is 26.3 Å². The van der Waals surface area contributed by atoms with Gasteiger partial charge in [0, 0.05) is 23.6 Å². The predicted octanol–water partition coefficient (Wildman–Crippen LogP) is 5.94. The van der Waals surface area contributed by atoms with Gasteiger partial charge in [0.05, 0.1) is 34.1 Å². The number of carbonyl (C=O) groups excluding carboxylic acids is 2. The number of nitrogens with zero attached hydrogens (tertiary/aromatic N) is 3. The molecule has 1 aliphatic heterocycles. The Bertz CT molecular complexity index is 1430. The van der Waals surface area contributed by atoms with E-state index in [-0.39, 0.29) is 21.6 Å². The van der Waals surface area contributed by atoms with Crippen molar-refractivity contribution in [3.63, 3.8) is 0 Å². The number of para-hydroxylation sites is 2. The number of rotatable bonds is 3. The lowest BCUT2D eigenvalue weighted by Gasteiger charge is -2.23. The number of benzene rings is 2. The zero-order chi connectivity index (χ0) is 23.7. The van der Waals surface area contributed by atoms with E-state index in [2.05, 4.69) is 20.6 Å². The average molecular weight is 490 g/mol. The van der Waals surface area contributed by atoms with Gasteiger partial charge in [-0.2, -0.15) is 0 Å². The van der Waals surface area contributed by atoms with E-state index in [4.69, 9.17) is 23.2 Å². The minimum Gasteiger partial charge on any atom is -0.338 e. The molecular formula is C25H17Cl2N5O2. The quantitative estimate of drug-likeness (QED) is 0.347. The molecule has 0 spiro atoms. The second-order valence-electron chi connectivity index (χ2n) is 7.54. The van der Waals surface area contributed by atoms with Crippen LogP contribution in [-0.2, 0) is 6.54 Å². The third-order valence-electron chi connectivity index (χ3n) is 5.37. The first-order chi connectivity index (χ1) is 16.5. The highest BCUT2D eigenvalue weighted by Gasteiger charge is 2.26. The maximum absolute atomic E-state index is 13.6. The predicted molar refractivity (Wildman–Crippen MR) is 133 cm³/mol. The van der Waals surface area contributed by atoms with Gasteiger partial charge in [0.15, 0.2) is 0 Å². The number of nitrogens with one attached hydrogen (secondary N) is 2. The standard InChI is InChI=1S/C25H17Cl2N5O2/c26-19-13-16(30-24(33)18-6-4-11-28-22(18)27)9-10-17(19)25(34)32-14-15-5-3-12-29-23(15)31-20-7-1-2-8-21(20)32/h1-13H,14H2,(H,29,31)(H,30,33). The van der Waals surface area contributed by atoms with Crippen molar-refractivity contribution < 1.29 is 9.59 Å². The number of hydrogen-bond donors (Lipinski definition) is 2. The summed E-state index contributed by atoms with van der Waals surface area (Å²) < 4.78 is 0. The van der Waals surface area contributed by atoms with Crippen molar-refractivity contribution in [2.75, 3.05) is 15.5 Å². The summed E-state index contributed by atoms with van der Waals surface area (Å²) >= 11 is 12.5. The van der Waals surface area contributed by atoms with Gasteiger partial charge >= 0.3 is 0 Å². The van der Waals surface area contributed by atoms with Crippen molar-refractivity contribution in [2.45, 2.75) is 6.54 Å². The Morgan fingerprint density at radius 1 is 0.912 bits per heavy atom. The summed E-state index contributed by atoms with van der Waals surface area (Å²) in [5.74, 6) is -0.00234. The smallest absolute Gasteiger partial charge is 0.260 e. The Morgan fingerprint density at radius 3 is 2.53 bits per heavy atom. The summed E-state index contributed by atoms with van der Waals surface area (Å²) in [6.07, 6.45) is 3.20. The number of amides is 2. The van der Waals surface area contributed by atoms with Crippen LogP contribution in [0.3, 0.4) is 0 Å². The van der Waals surface area contributed by atoms with E-state index in [9.17, 15) is 9.59 Å². The van der Waals surface area contributed by atoms with Gasteiger partial charge in [0.2, 0.25) is 0 Å². The molecule has 4 aromatic rings. The number of halogens is 2. The maximum atomic E-state index is 13.6. The Morgan fingerprint density at radius 2 is 1.71 bits per heavy atom. The fourth-order valence-corrected chi connectivity index (χ4v) is 4.19. The lowest BCUT2D eigenvalue weighted by atomic mass is 10.1. The Balaban J connectivity index is 1.45. The number of aromatic nitrogens is 2. The molecule has 0 aliphatic carbocycles. The lowest BCUT2D eigenvalue weighted by molar-refractivity contribution is 0.0984. The highest BCUT2D eigenvalue weighted by Crippen LogP contribution is 2.36. The van der Waals surface area contributed by atoms with Crippen molar-refractivity contribution in [1.29, 1.82) is 0 Å². The van der Waals surface area contributed by atoms with Crippen LogP contribution in [0.15, 0.2) is 79.1 Å². The Kier molecular flexibility index (Phi) is 5.88. The van der Waals surface area contributed by atoms with Crippen LogP contribution in [0.4, 0.5) is 22.9 Å². The first-order valence-electron chi connectivity index (χ1n) is 10.3. The third-order valence-corrected chi connectivity index (χ3v) is 5.99. The molecule has 1 aliphatic rings. The molecule has 2 amide bonds. The monoisotopic (exact) mass is 489 g/mol. The van der Waals surface area contributed by atoms with Crippen molar-refractivity contribution >= 4 is 57.9 Å². The number of hydrogen-bond acceptors (Lipinski definition) is 5. The molecule has 2 aromatic heterocycles. The van der Waals surface area contributed by atoms with Gasteiger partial charge in [-0.25, -0.2) is 9.97 Å². The summed E-state index contributed by atoms with van der Waals surface area (Å²) in [7, 11) is 0. The lowest BCUT2D eigenvalue weighted by Crippen LogP contribution is -2.30. The fraction of sp³-hybridized carbons (Fsp3) is 0.0400. The van der Waals surface area contributed by atoms with Crippen LogP contribution in [-0.4, -0.2) is 21.8 Å². The van der Waals surface area contributed by atoms with E-state index >= 15 is 0 Å². The van der Waals surface area contributed by atoms with Gasteiger partial charge in [-0.05, 0) is 48.5 Å². The summed E-state index contributed by atoms with van der Waals surface area (Å²) in [5, 5.41) is 6.34. The van der Waals surface area contributed by atoms with Crippen molar-refractivity contribution in [3.8, 4) is 0 Å². The Labute approximate surface area is 205 Å². The summed E-state index contributed by atoms with van der Waals surface area (Å²) in [6.45, 7) is 0.320. The van der Waals surface area contributed by atoms with Crippen molar-refractivity contribution in [1.82, 2.24) is 9.97 Å². The normalized spacial score (nSPS) is 12.1. The summed E-state index contributed by atoms with van der Waals surface area (Å²) in [6, 6.07) is 19.2. The van der Waals surface area contributed by atoms with Gasteiger partial charge in [-0.15, -0.1) is 0 Å². The minimum atomic E-state index is -0.426. The molecule has 0 saturated heterocycles. The van der Waals surface area contributed by atoms with Crippen molar-refractivity contribution in [3.05, 3.63) is 106 Å². The van der Waals surface area contributed by atoms with E-state index in [1.165, 1.54) is 12.3 Å². The van der Waals surface area contributed by atoms with Crippen LogP contribution < -0.4 is 15.5 Å². The van der Waals surface area contributed by atoms with Gasteiger partial charge in [0.1, 0.15) is 11.0 Å². The molecule has 7 nitrogen and oxygen atoms in total. The zero-order valence-corrected chi connectivity index (χ0v) is 19.1. The molecule has 0 fully saturated rings. The molecule has 2 aromatic carbocycles. The molecule has 0 atom stereocenters. The fourth-order valence-electron chi connectivity index (χ4n) is 3.72. The van der Waals surface area contributed by atoms with Gasteiger partial charge in [-0.1, -0.05) is 41.4 Å². The first kappa shape index (κ1) is 21.9. The third kappa shape index (κ3) is 4.19. The second kappa shape index (κ2) is 9.13. The van der Waals surface area contributed by atoms with Crippen molar-refractivity contribution in [2.24, 2.45) is 0 Å². The van der Waals surface area contributed by atoms with E-state index in [1.807, 2.05) is 36.4 Å². The molecule has 9 heteroatoms. The number of pyridine rings is 2. The molecule has 0 radical (unpaired) electrons. The molecule has 5 rings (SSSR count). The molecule has 0 saturated carbocycles. The first-order valence-corrected chi connectivity index (χ1v) is 11.1. The average Bonchev–Trinajstić information content (AvgIpc) is 3.01. The number of anilines is 4. The Hall–Kier alpha value is -3.94. The molecule has 0 bridgehead atoms. The second-order valence-corrected chi connectivity index (χ2v) is 8.30. The van der Waals surface area contributed by atoms with E-state index in [0.717, 1.165) is 11.3 Å². The maximum Gasteiger partial charge on any atom is 0.260 e. The number of fused-ring (bicyclic) bond motifs is 2. The molecular weight excluding hydrogens is 473 g/mol. The molecule has 3 heterocycles. The van der Waals surface area contributed by atoms with Gasteiger partial charge in [0.25, 0.3) is 11.8 Å². The van der Waals surface area contributed by atoms with E-state index in [0.29, 0.717) is 29.3 Å². The molecule has 34 heavy (non-hydrogen) atoms. The molecule has 168 valence electrons. The SMILES string of the molecule is O=C(Nc1ccc(C(=O)N2Cc3cccnc3Nc3ccccc32)c(Cl)c1)c1cccnc1Cl. The zero-order valence-electron chi connectivity index (χ0n) is 17.6. The van der Waals surface area contributed by atoms with Crippen LogP contribution in [0.2, 0.25) is 10.2 Å². The topological polar surface area (TPSA) is 87.2 Å². The number of carbonyl (C=O) groups is 2. The van der Waals surface area contributed by atoms with Crippen LogP contribution in [0.25, 0.3) is 0 Å². The van der Waals surface area contributed by atoms with Gasteiger partial charge < -0.3 is 15.5 Å². The van der Waals surface area contributed by atoms with Crippen LogP contribution >= 0.6 is 23.2 Å². The largest absolute Gasteiger partial charge is 0.338 e. The minimum absolute atomic E-state index is 0.0982. The van der Waals surface area contributed by atoms with Crippen LogP contribution in [0.5, 0.6) is 0 Å². The van der Waals surface area contributed by atoms with E-state index < -0.39 is 5.91 Å². The highest BCUT2D eigenvalue weighted by molar-refractivity contribution is 6.35. The van der Waals surface area contributed by atoms with E-state index in [1.54, 1.807) is 35.4 Å².